The van der Waals surface area contributed by atoms with Gasteiger partial charge in [0.05, 0.1) is 23.9 Å². The van der Waals surface area contributed by atoms with Gasteiger partial charge in [0.2, 0.25) is 5.95 Å². The van der Waals surface area contributed by atoms with Crippen LogP contribution in [0.15, 0.2) is 61.2 Å². The molecule has 172 valence electrons. The van der Waals surface area contributed by atoms with E-state index < -0.39 is 0 Å². The van der Waals surface area contributed by atoms with Gasteiger partial charge in [-0.15, -0.1) is 5.10 Å². The van der Waals surface area contributed by atoms with Gasteiger partial charge in [-0.05, 0) is 61.0 Å². The molecule has 10 nitrogen and oxygen atoms in total. The summed E-state index contributed by atoms with van der Waals surface area (Å²) in [6.07, 6.45) is 4.76. The molecule has 0 bridgehead atoms. The normalized spacial score (nSPS) is 11.6. The third-order valence-electron chi connectivity index (χ3n) is 4.75. The first-order valence-electron chi connectivity index (χ1n) is 10.8. The molecule has 1 unspecified atom stereocenters. The molecule has 2 aromatic heterocycles. The van der Waals surface area contributed by atoms with Crippen LogP contribution in [0.2, 0.25) is 0 Å². The Bertz CT molecular complexity index is 1270. The van der Waals surface area contributed by atoms with Gasteiger partial charge in [0, 0.05) is 18.0 Å². The molecule has 1 N–H and O–H groups in total. The summed E-state index contributed by atoms with van der Waals surface area (Å²) in [5.41, 5.74) is 2.85. The first-order chi connectivity index (χ1) is 16.5. The number of nitriles is 1. The minimum Gasteiger partial charge on any atom is -0.489 e. The number of benzene rings is 2. The van der Waals surface area contributed by atoms with Crippen molar-refractivity contribution in [3.05, 3.63) is 66.7 Å². The summed E-state index contributed by atoms with van der Waals surface area (Å²) in [6.45, 7) is 6.29. The highest BCUT2D eigenvalue weighted by atomic mass is 16.5. The highest BCUT2D eigenvalue weighted by Crippen LogP contribution is 2.29. The van der Waals surface area contributed by atoms with Gasteiger partial charge in [0.25, 0.3) is 0 Å². The quantitative estimate of drug-likeness (QED) is 0.398. The summed E-state index contributed by atoms with van der Waals surface area (Å²) < 4.78 is 13.4. The summed E-state index contributed by atoms with van der Waals surface area (Å²) in [7, 11) is 0. The third kappa shape index (κ3) is 5.63. The molecule has 2 aromatic carbocycles. The van der Waals surface area contributed by atoms with Crippen LogP contribution in [0.5, 0.6) is 11.5 Å². The van der Waals surface area contributed by atoms with Gasteiger partial charge in [-0.3, -0.25) is 0 Å². The molecule has 0 fully saturated rings. The molecule has 0 aliphatic carbocycles. The number of hydrogen-bond donors (Lipinski definition) is 1. The van der Waals surface area contributed by atoms with E-state index in [1.54, 1.807) is 23.1 Å². The van der Waals surface area contributed by atoms with E-state index in [-0.39, 0.29) is 12.2 Å². The lowest BCUT2D eigenvalue weighted by Crippen LogP contribution is -2.20. The maximum atomic E-state index is 9.49. The fourth-order valence-electron chi connectivity index (χ4n) is 3.26. The monoisotopic (exact) mass is 456 g/mol. The highest BCUT2D eigenvalue weighted by molar-refractivity contribution is 5.67. The summed E-state index contributed by atoms with van der Waals surface area (Å²) >= 11 is 0. The summed E-state index contributed by atoms with van der Waals surface area (Å²) in [4.78, 5) is 8.89. The summed E-state index contributed by atoms with van der Waals surface area (Å²) in [6, 6.07) is 15.2. The van der Waals surface area contributed by atoms with Gasteiger partial charge in [-0.25, -0.2) is 14.6 Å². The zero-order chi connectivity index (χ0) is 23.9. The molecule has 10 heteroatoms. The fraction of sp³-hybridized carbons (Fsp3) is 0.250. The molecule has 2 heterocycles. The number of tetrazole rings is 1. The van der Waals surface area contributed by atoms with E-state index in [0.29, 0.717) is 23.8 Å². The number of para-hydroxylation sites is 2. The van der Waals surface area contributed by atoms with Crippen molar-refractivity contribution in [1.29, 1.82) is 5.26 Å². The van der Waals surface area contributed by atoms with Gasteiger partial charge in [0.15, 0.2) is 0 Å². The van der Waals surface area contributed by atoms with Crippen molar-refractivity contribution in [1.82, 2.24) is 30.2 Å². The van der Waals surface area contributed by atoms with Crippen LogP contribution < -0.4 is 14.8 Å². The highest BCUT2D eigenvalue weighted by Gasteiger charge is 2.13. The molecule has 0 radical (unpaired) electrons. The molecule has 1 atom stereocenters. The van der Waals surface area contributed by atoms with Crippen molar-refractivity contribution in [3.8, 4) is 28.7 Å². The first kappa shape index (κ1) is 22.7. The zero-order valence-corrected chi connectivity index (χ0v) is 19.1. The summed E-state index contributed by atoms with van der Waals surface area (Å²) in [5, 5.41) is 23.8. The number of nitrogens with zero attached hydrogens (tertiary/aromatic N) is 7. The van der Waals surface area contributed by atoms with Crippen molar-refractivity contribution in [2.45, 2.75) is 39.5 Å². The molecule has 4 aromatic rings. The second-order valence-electron chi connectivity index (χ2n) is 7.87. The van der Waals surface area contributed by atoms with Crippen LogP contribution in [0.25, 0.3) is 11.1 Å². The van der Waals surface area contributed by atoms with E-state index in [0.717, 1.165) is 22.6 Å². The minimum absolute atomic E-state index is 0.0506. The van der Waals surface area contributed by atoms with E-state index in [1.165, 1.54) is 6.33 Å². The molecule has 34 heavy (non-hydrogen) atoms. The Morgan fingerprint density at radius 3 is 2.50 bits per heavy atom. The lowest BCUT2D eigenvalue weighted by Gasteiger charge is -2.16. The zero-order valence-electron chi connectivity index (χ0n) is 19.1. The van der Waals surface area contributed by atoms with E-state index in [4.69, 9.17) is 9.47 Å². The average molecular weight is 457 g/mol. The third-order valence-corrected chi connectivity index (χ3v) is 4.75. The van der Waals surface area contributed by atoms with Crippen LogP contribution in [0.1, 0.15) is 26.3 Å². The average Bonchev–Trinajstić information content (AvgIpc) is 3.33. The maximum Gasteiger partial charge on any atom is 0.227 e. The lowest BCUT2D eigenvalue weighted by atomic mass is 10.1. The van der Waals surface area contributed by atoms with E-state index in [1.807, 2.05) is 57.2 Å². The van der Waals surface area contributed by atoms with Crippen molar-refractivity contribution >= 4 is 11.6 Å². The molecule has 0 saturated heterocycles. The maximum absolute atomic E-state index is 9.49. The molecule has 0 saturated carbocycles. The first-order valence-corrected chi connectivity index (χ1v) is 10.8. The second kappa shape index (κ2) is 10.4. The predicted octanol–water partition coefficient (Wildman–Crippen LogP) is 4.00. The van der Waals surface area contributed by atoms with Gasteiger partial charge in [0.1, 0.15) is 30.0 Å². The number of nitrogens with one attached hydrogen (secondary N) is 1. The number of hydrogen-bond acceptors (Lipinski definition) is 9. The van der Waals surface area contributed by atoms with Gasteiger partial charge < -0.3 is 14.8 Å². The summed E-state index contributed by atoms with van der Waals surface area (Å²) in [5.74, 6) is 1.65. The van der Waals surface area contributed by atoms with Crippen molar-refractivity contribution in [2.75, 3.05) is 5.32 Å². The fourth-order valence-corrected chi connectivity index (χ4v) is 3.26. The number of aromatic nitrogens is 6. The van der Waals surface area contributed by atoms with Crippen molar-refractivity contribution in [3.63, 3.8) is 0 Å². The molecular formula is C24H24N8O2. The Labute approximate surface area is 197 Å². The molecule has 0 aliphatic rings. The number of rotatable bonds is 9. The predicted molar refractivity (Wildman–Crippen MR) is 126 cm³/mol. The van der Waals surface area contributed by atoms with E-state index >= 15 is 0 Å². The SMILES string of the molecule is CC(C)Oc1ccccc1Nc1ncc(-c2ccc(C#N)c(OC(C)Cn3cnnn3)c2)cn1. The molecule has 0 aliphatic heterocycles. The smallest absolute Gasteiger partial charge is 0.227 e. The van der Waals surface area contributed by atoms with E-state index in [2.05, 4.69) is 36.9 Å². The van der Waals surface area contributed by atoms with Crippen LogP contribution in [0, 0.1) is 11.3 Å². The van der Waals surface area contributed by atoms with Gasteiger partial charge >= 0.3 is 0 Å². The van der Waals surface area contributed by atoms with Crippen LogP contribution in [0.4, 0.5) is 11.6 Å². The number of anilines is 2. The molecular weight excluding hydrogens is 432 g/mol. The molecule has 0 spiro atoms. The molecule has 0 amide bonds. The standard InChI is InChI=1S/C24H24N8O2/c1-16(2)33-22-7-5-4-6-21(22)29-24-26-12-20(13-27-24)18-8-9-19(11-25)23(10-18)34-17(3)14-32-15-28-30-31-32/h4-10,12-13,15-17H,14H2,1-3H3,(H,26,27,29). The Balaban J connectivity index is 1.50. The molecule has 4 rings (SSSR count). The Morgan fingerprint density at radius 1 is 1.00 bits per heavy atom. The van der Waals surface area contributed by atoms with Crippen LogP contribution in [-0.4, -0.2) is 42.4 Å². The van der Waals surface area contributed by atoms with Gasteiger partial charge in [-0.2, -0.15) is 5.26 Å². The van der Waals surface area contributed by atoms with Gasteiger partial charge in [-0.1, -0.05) is 18.2 Å². The van der Waals surface area contributed by atoms with E-state index in [9.17, 15) is 5.26 Å². The topological polar surface area (TPSA) is 124 Å². The van der Waals surface area contributed by atoms with Crippen molar-refractivity contribution < 1.29 is 9.47 Å². The Kier molecular flexibility index (Phi) is 6.93. The van der Waals surface area contributed by atoms with Crippen LogP contribution >= 0.6 is 0 Å². The minimum atomic E-state index is -0.248. The second-order valence-corrected chi connectivity index (χ2v) is 7.87. The Hall–Kier alpha value is -4.52. The lowest BCUT2D eigenvalue weighted by molar-refractivity contribution is 0.192. The Morgan fingerprint density at radius 2 is 1.79 bits per heavy atom. The largest absolute Gasteiger partial charge is 0.489 e. The van der Waals surface area contributed by atoms with Crippen LogP contribution in [-0.2, 0) is 6.54 Å². The van der Waals surface area contributed by atoms with Crippen molar-refractivity contribution in [2.24, 2.45) is 0 Å². The number of ether oxygens (including phenoxy) is 2. The van der Waals surface area contributed by atoms with Crippen LogP contribution in [0.3, 0.4) is 0 Å².